The summed E-state index contributed by atoms with van der Waals surface area (Å²) in [5.74, 6) is -1.94. The first kappa shape index (κ1) is 13.5. The summed E-state index contributed by atoms with van der Waals surface area (Å²) in [5.41, 5.74) is 4.92. The molecule has 0 aromatic heterocycles. The molecule has 0 aliphatic heterocycles. The molecule has 1 saturated carbocycles. The largest absolute Gasteiger partial charge is 0.480 e. The first-order valence-electron chi connectivity index (χ1n) is 5.79. The van der Waals surface area contributed by atoms with Crippen LogP contribution in [0.1, 0.15) is 38.5 Å². The zero-order valence-corrected chi connectivity index (χ0v) is 9.65. The summed E-state index contributed by atoms with van der Waals surface area (Å²) >= 11 is 0. The van der Waals surface area contributed by atoms with Crippen molar-refractivity contribution in [3.05, 3.63) is 0 Å². The molecule has 1 aliphatic carbocycles. The zero-order chi connectivity index (χ0) is 12.8. The maximum atomic E-state index is 11.6. The zero-order valence-electron chi connectivity index (χ0n) is 9.65. The van der Waals surface area contributed by atoms with Gasteiger partial charge in [-0.15, -0.1) is 0 Å². The van der Waals surface area contributed by atoms with Crippen molar-refractivity contribution in [2.24, 2.45) is 11.7 Å². The van der Waals surface area contributed by atoms with Crippen LogP contribution in [0.5, 0.6) is 0 Å². The minimum atomic E-state index is -1.23. The van der Waals surface area contributed by atoms with E-state index in [2.05, 4.69) is 5.32 Å². The number of carboxylic acids is 1. The van der Waals surface area contributed by atoms with E-state index in [1.165, 1.54) is 0 Å². The van der Waals surface area contributed by atoms with Crippen LogP contribution in [-0.2, 0) is 14.4 Å². The van der Waals surface area contributed by atoms with Gasteiger partial charge in [0.25, 0.3) is 0 Å². The second kappa shape index (κ2) is 6.22. The molecule has 0 radical (unpaired) electrons. The van der Waals surface area contributed by atoms with Crippen molar-refractivity contribution in [3.8, 4) is 0 Å². The summed E-state index contributed by atoms with van der Waals surface area (Å²) in [6, 6.07) is -1.21. The molecular weight excluding hydrogens is 224 g/mol. The Bertz CT molecular complexity index is 311. The molecular formula is C11H18N2O4. The molecule has 0 aromatic rings. The number of aliphatic carboxylic acids is 1. The van der Waals surface area contributed by atoms with Gasteiger partial charge in [-0.2, -0.15) is 0 Å². The Morgan fingerprint density at radius 2 is 1.88 bits per heavy atom. The third-order valence-corrected chi connectivity index (χ3v) is 2.99. The van der Waals surface area contributed by atoms with Crippen LogP contribution in [0.2, 0.25) is 0 Å². The van der Waals surface area contributed by atoms with E-state index in [4.69, 9.17) is 10.8 Å². The highest BCUT2D eigenvalue weighted by molar-refractivity contribution is 5.88. The van der Waals surface area contributed by atoms with Crippen LogP contribution < -0.4 is 11.1 Å². The highest BCUT2D eigenvalue weighted by atomic mass is 16.4. The molecule has 96 valence electrons. The SMILES string of the molecule is NC(=O)C[C@H](NC(=O)CC1CCCC1)C(=O)O. The first-order chi connectivity index (χ1) is 7.99. The van der Waals surface area contributed by atoms with E-state index in [-0.39, 0.29) is 12.3 Å². The van der Waals surface area contributed by atoms with Crippen LogP contribution in [0.15, 0.2) is 0 Å². The van der Waals surface area contributed by atoms with Crippen molar-refractivity contribution in [2.75, 3.05) is 0 Å². The van der Waals surface area contributed by atoms with Crippen molar-refractivity contribution in [3.63, 3.8) is 0 Å². The van der Waals surface area contributed by atoms with E-state index < -0.39 is 17.9 Å². The van der Waals surface area contributed by atoms with Crippen molar-refractivity contribution < 1.29 is 19.5 Å². The number of hydrogen-bond donors (Lipinski definition) is 3. The molecule has 6 nitrogen and oxygen atoms in total. The first-order valence-corrected chi connectivity index (χ1v) is 5.79. The summed E-state index contributed by atoms with van der Waals surface area (Å²) in [4.78, 5) is 33.0. The van der Waals surface area contributed by atoms with E-state index in [1.807, 2.05) is 0 Å². The van der Waals surface area contributed by atoms with Gasteiger partial charge < -0.3 is 16.2 Å². The van der Waals surface area contributed by atoms with Gasteiger partial charge in [0.15, 0.2) is 0 Å². The highest BCUT2D eigenvalue weighted by Crippen LogP contribution is 2.27. The molecule has 0 saturated heterocycles. The fraction of sp³-hybridized carbons (Fsp3) is 0.727. The predicted octanol–water partition coefficient (Wildman–Crippen LogP) is 0.0115. The van der Waals surface area contributed by atoms with Gasteiger partial charge in [-0.3, -0.25) is 9.59 Å². The fourth-order valence-electron chi connectivity index (χ4n) is 2.13. The molecule has 1 atom stereocenters. The second-order valence-corrected chi connectivity index (χ2v) is 4.48. The van der Waals surface area contributed by atoms with Crippen molar-refractivity contribution in [2.45, 2.75) is 44.6 Å². The molecule has 0 spiro atoms. The molecule has 0 aromatic carbocycles. The summed E-state index contributed by atoms with van der Waals surface area (Å²) in [6.45, 7) is 0. The smallest absolute Gasteiger partial charge is 0.326 e. The van der Waals surface area contributed by atoms with Gasteiger partial charge in [-0.05, 0) is 18.8 Å². The topological polar surface area (TPSA) is 109 Å². The highest BCUT2D eigenvalue weighted by Gasteiger charge is 2.24. The Morgan fingerprint density at radius 1 is 1.29 bits per heavy atom. The summed E-state index contributed by atoms with van der Waals surface area (Å²) < 4.78 is 0. The standard InChI is InChI=1S/C11H18N2O4/c12-9(14)6-8(11(16)17)13-10(15)5-7-3-1-2-4-7/h7-8H,1-6H2,(H2,12,14)(H,13,15)(H,16,17)/t8-/m0/s1. The van der Waals surface area contributed by atoms with E-state index in [1.54, 1.807) is 0 Å². The normalized spacial score (nSPS) is 17.6. The fourth-order valence-corrected chi connectivity index (χ4v) is 2.13. The van der Waals surface area contributed by atoms with Crippen LogP contribution in [0.25, 0.3) is 0 Å². The number of carbonyl (C=O) groups excluding carboxylic acids is 2. The minimum Gasteiger partial charge on any atom is -0.480 e. The molecule has 0 heterocycles. The van der Waals surface area contributed by atoms with Gasteiger partial charge in [-0.1, -0.05) is 12.8 Å². The number of amides is 2. The molecule has 17 heavy (non-hydrogen) atoms. The average Bonchev–Trinajstić information content (AvgIpc) is 2.68. The number of rotatable bonds is 6. The lowest BCUT2D eigenvalue weighted by Gasteiger charge is -2.14. The summed E-state index contributed by atoms with van der Waals surface area (Å²) in [6.07, 6.45) is 4.25. The van der Waals surface area contributed by atoms with E-state index in [9.17, 15) is 14.4 Å². The Balaban J connectivity index is 2.40. The Hall–Kier alpha value is -1.59. The second-order valence-electron chi connectivity index (χ2n) is 4.48. The Labute approximate surface area is 99.6 Å². The Kier molecular flexibility index (Phi) is 4.93. The monoisotopic (exact) mass is 242 g/mol. The maximum absolute atomic E-state index is 11.6. The lowest BCUT2D eigenvalue weighted by molar-refractivity contribution is -0.143. The van der Waals surface area contributed by atoms with Crippen LogP contribution in [0, 0.1) is 5.92 Å². The van der Waals surface area contributed by atoms with Crippen molar-refractivity contribution in [1.29, 1.82) is 0 Å². The van der Waals surface area contributed by atoms with E-state index in [0.29, 0.717) is 12.3 Å². The van der Waals surface area contributed by atoms with Crippen LogP contribution in [0.4, 0.5) is 0 Å². The maximum Gasteiger partial charge on any atom is 0.326 e. The molecule has 6 heteroatoms. The van der Waals surface area contributed by atoms with Gasteiger partial charge in [0.1, 0.15) is 6.04 Å². The van der Waals surface area contributed by atoms with Crippen LogP contribution in [-0.4, -0.2) is 28.9 Å². The summed E-state index contributed by atoms with van der Waals surface area (Å²) in [5, 5.41) is 11.1. The molecule has 1 rings (SSSR count). The van der Waals surface area contributed by atoms with Gasteiger partial charge in [0.2, 0.25) is 11.8 Å². The van der Waals surface area contributed by atoms with E-state index in [0.717, 1.165) is 25.7 Å². The number of carboxylic acid groups (broad SMARTS) is 1. The number of nitrogens with one attached hydrogen (secondary N) is 1. The number of hydrogen-bond acceptors (Lipinski definition) is 3. The number of carbonyl (C=O) groups is 3. The molecule has 0 unspecified atom stereocenters. The molecule has 1 fully saturated rings. The van der Waals surface area contributed by atoms with Gasteiger partial charge >= 0.3 is 5.97 Å². The lowest BCUT2D eigenvalue weighted by atomic mass is 10.0. The summed E-state index contributed by atoms with van der Waals surface area (Å²) in [7, 11) is 0. The Morgan fingerprint density at radius 3 is 2.35 bits per heavy atom. The molecule has 4 N–H and O–H groups in total. The third kappa shape index (κ3) is 4.84. The molecule has 2 amide bonds. The van der Waals surface area contributed by atoms with Gasteiger partial charge in [0, 0.05) is 6.42 Å². The number of nitrogens with two attached hydrogens (primary N) is 1. The number of primary amides is 1. The molecule has 1 aliphatic rings. The lowest BCUT2D eigenvalue weighted by Crippen LogP contribution is -2.43. The van der Waals surface area contributed by atoms with Gasteiger partial charge in [0.05, 0.1) is 6.42 Å². The van der Waals surface area contributed by atoms with Crippen molar-refractivity contribution in [1.82, 2.24) is 5.32 Å². The van der Waals surface area contributed by atoms with Gasteiger partial charge in [-0.25, -0.2) is 4.79 Å². The molecule has 0 bridgehead atoms. The van der Waals surface area contributed by atoms with Crippen LogP contribution in [0.3, 0.4) is 0 Å². The average molecular weight is 242 g/mol. The van der Waals surface area contributed by atoms with E-state index >= 15 is 0 Å². The minimum absolute atomic E-state index is 0.314. The third-order valence-electron chi connectivity index (χ3n) is 2.99. The van der Waals surface area contributed by atoms with Crippen molar-refractivity contribution >= 4 is 17.8 Å². The van der Waals surface area contributed by atoms with Crippen LogP contribution >= 0.6 is 0 Å². The quantitative estimate of drug-likeness (QED) is 0.609. The predicted molar refractivity (Wildman–Crippen MR) is 60.0 cm³/mol.